The second-order valence-electron chi connectivity index (χ2n) is 4.88. The first-order valence-corrected chi connectivity index (χ1v) is 6.91. The van der Waals surface area contributed by atoms with Gasteiger partial charge in [-0.1, -0.05) is 11.8 Å². The SMILES string of the molecule is COc1ccc(C#CCCO)c(Cn2nc(C)cc2C)c1. The van der Waals surface area contributed by atoms with E-state index < -0.39 is 0 Å². The second-order valence-corrected chi connectivity index (χ2v) is 4.88. The van der Waals surface area contributed by atoms with Crippen molar-refractivity contribution in [2.45, 2.75) is 26.8 Å². The van der Waals surface area contributed by atoms with E-state index in [0.29, 0.717) is 13.0 Å². The first-order valence-electron chi connectivity index (χ1n) is 6.91. The zero-order valence-corrected chi connectivity index (χ0v) is 12.7. The molecule has 0 fully saturated rings. The Labute approximate surface area is 125 Å². The van der Waals surface area contributed by atoms with Crippen LogP contribution in [0.4, 0.5) is 0 Å². The van der Waals surface area contributed by atoms with E-state index in [2.05, 4.69) is 23.0 Å². The predicted molar refractivity (Wildman–Crippen MR) is 82.4 cm³/mol. The molecular formula is C17H20N2O2. The maximum atomic E-state index is 8.83. The minimum absolute atomic E-state index is 0.0793. The molecule has 1 N–H and O–H groups in total. The largest absolute Gasteiger partial charge is 0.497 e. The van der Waals surface area contributed by atoms with E-state index in [-0.39, 0.29) is 6.61 Å². The van der Waals surface area contributed by atoms with E-state index in [1.807, 2.05) is 36.7 Å². The molecule has 0 amide bonds. The van der Waals surface area contributed by atoms with Crippen molar-refractivity contribution in [2.24, 2.45) is 0 Å². The molecule has 21 heavy (non-hydrogen) atoms. The third-order valence-electron chi connectivity index (χ3n) is 3.20. The Balaban J connectivity index is 2.35. The molecule has 1 aromatic carbocycles. The van der Waals surface area contributed by atoms with Crippen molar-refractivity contribution < 1.29 is 9.84 Å². The summed E-state index contributed by atoms with van der Waals surface area (Å²) in [7, 11) is 1.65. The number of ether oxygens (including phenoxy) is 1. The van der Waals surface area contributed by atoms with Gasteiger partial charge in [0.15, 0.2) is 0 Å². The normalized spacial score (nSPS) is 10.1. The van der Waals surface area contributed by atoms with Gasteiger partial charge in [0.25, 0.3) is 0 Å². The zero-order valence-electron chi connectivity index (χ0n) is 12.7. The molecule has 110 valence electrons. The van der Waals surface area contributed by atoms with Gasteiger partial charge in [0.05, 0.1) is 26.0 Å². The van der Waals surface area contributed by atoms with E-state index in [1.54, 1.807) is 7.11 Å². The molecule has 4 nitrogen and oxygen atoms in total. The number of aliphatic hydroxyl groups is 1. The quantitative estimate of drug-likeness (QED) is 0.876. The lowest BCUT2D eigenvalue weighted by Crippen LogP contribution is -2.06. The van der Waals surface area contributed by atoms with Crippen molar-refractivity contribution in [1.29, 1.82) is 0 Å². The van der Waals surface area contributed by atoms with Crippen LogP contribution in [0.2, 0.25) is 0 Å². The third kappa shape index (κ3) is 3.87. The van der Waals surface area contributed by atoms with Crippen LogP contribution in [-0.4, -0.2) is 28.6 Å². The topological polar surface area (TPSA) is 47.3 Å². The van der Waals surface area contributed by atoms with Crippen LogP contribution in [0.3, 0.4) is 0 Å². The molecule has 2 aromatic rings. The summed E-state index contributed by atoms with van der Waals surface area (Å²) in [6, 6.07) is 7.88. The number of aryl methyl sites for hydroxylation is 2. The number of methoxy groups -OCH3 is 1. The number of aliphatic hydroxyl groups excluding tert-OH is 1. The van der Waals surface area contributed by atoms with Crippen LogP contribution in [0.25, 0.3) is 0 Å². The molecule has 0 bridgehead atoms. The summed E-state index contributed by atoms with van der Waals surface area (Å²) < 4.78 is 7.25. The van der Waals surface area contributed by atoms with Crippen molar-refractivity contribution in [1.82, 2.24) is 9.78 Å². The Hall–Kier alpha value is -2.25. The lowest BCUT2D eigenvalue weighted by Gasteiger charge is -2.09. The number of nitrogens with zero attached hydrogens (tertiary/aromatic N) is 2. The van der Waals surface area contributed by atoms with Crippen molar-refractivity contribution >= 4 is 0 Å². The molecule has 1 heterocycles. The third-order valence-corrected chi connectivity index (χ3v) is 3.20. The minimum Gasteiger partial charge on any atom is -0.497 e. The summed E-state index contributed by atoms with van der Waals surface area (Å²) in [6.45, 7) is 4.75. The highest BCUT2D eigenvalue weighted by Gasteiger charge is 2.07. The van der Waals surface area contributed by atoms with Gasteiger partial charge in [-0.15, -0.1) is 0 Å². The van der Waals surface area contributed by atoms with Crippen LogP contribution in [0.15, 0.2) is 24.3 Å². The van der Waals surface area contributed by atoms with Gasteiger partial charge in [0.1, 0.15) is 5.75 Å². The molecule has 0 aliphatic carbocycles. The van der Waals surface area contributed by atoms with Crippen molar-refractivity contribution in [3.8, 4) is 17.6 Å². The van der Waals surface area contributed by atoms with Gasteiger partial charge in [-0.05, 0) is 43.7 Å². The van der Waals surface area contributed by atoms with Gasteiger partial charge in [-0.25, -0.2) is 0 Å². The smallest absolute Gasteiger partial charge is 0.119 e. The summed E-state index contributed by atoms with van der Waals surface area (Å²) >= 11 is 0. The van der Waals surface area contributed by atoms with Crippen LogP contribution in [-0.2, 0) is 6.54 Å². The van der Waals surface area contributed by atoms with Crippen molar-refractivity contribution in [3.05, 3.63) is 46.8 Å². The van der Waals surface area contributed by atoms with Crippen LogP contribution in [0.1, 0.15) is 28.9 Å². The lowest BCUT2D eigenvalue weighted by molar-refractivity contribution is 0.305. The number of rotatable bonds is 4. The molecule has 0 aliphatic rings. The highest BCUT2D eigenvalue weighted by molar-refractivity contribution is 5.45. The zero-order chi connectivity index (χ0) is 15.2. The Morgan fingerprint density at radius 2 is 2.10 bits per heavy atom. The number of aromatic nitrogens is 2. The van der Waals surface area contributed by atoms with Gasteiger partial charge in [-0.2, -0.15) is 5.10 Å². The molecule has 1 aromatic heterocycles. The standard InChI is InChI=1S/C17H20N2O2/c1-13-10-14(2)19(18-13)12-16-11-17(21-3)8-7-15(16)6-4-5-9-20/h7-8,10-11,20H,5,9,12H2,1-3H3. The van der Waals surface area contributed by atoms with Gasteiger partial charge in [0, 0.05) is 17.7 Å². The first kappa shape index (κ1) is 15.1. The maximum Gasteiger partial charge on any atom is 0.119 e. The minimum atomic E-state index is 0.0793. The Morgan fingerprint density at radius 3 is 2.71 bits per heavy atom. The average molecular weight is 284 g/mol. The van der Waals surface area contributed by atoms with E-state index in [0.717, 1.165) is 28.3 Å². The number of hydrogen-bond acceptors (Lipinski definition) is 3. The molecule has 0 radical (unpaired) electrons. The molecule has 0 aliphatic heterocycles. The fraction of sp³-hybridized carbons (Fsp3) is 0.353. The van der Waals surface area contributed by atoms with Crippen LogP contribution >= 0.6 is 0 Å². The number of benzene rings is 1. The van der Waals surface area contributed by atoms with E-state index in [9.17, 15) is 0 Å². The molecule has 2 rings (SSSR count). The Morgan fingerprint density at radius 1 is 1.29 bits per heavy atom. The fourth-order valence-corrected chi connectivity index (χ4v) is 2.16. The molecule has 0 unspecified atom stereocenters. The highest BCUT2D eigenvalue weighted by atomic mass is 16.5. The lowest BCUT2D eigenvalue weighted by atomic mass is 10.1. The van der Waals surface area contributed by atoms with Crippen LogP contribution in [0, 0.1) is 25.7 Å². The van der Waals surface area contributed by atoms with Crippen LogP contribution < -0.4 is 4.74 Å². The first-order chi connectivity index (χ1) is 10.1. The van der Waals surface area contributed by atoms with Gasteiger partial charge < -0.3 is 9.84 Å². The molecule has 0 spiro atoms. The van der Waals surface area contributed by atoms with Gasteiger partial charge in [0.2, 0.25) is 0 Å². The average Bonchev–Trinajstić information content (AvgIpc) is 2.78. The van der Waals surface area contributed by atoms with Crippen molar-refractivity contribution in [2.75, 3.05) is 13.7 Å². The highest BCUT2D eigenvalue weighted by Crippen LogP contribution is 2.19. The monoisotopic (exact) mass is 284 g/mol. The number of hydrogen-bond donors (Lipinski definition) is 1. The predicted octanol–water partition coefficient (Wildman–Crippen LogP) is 2.29. The Bertz CT molecular complexity index is 678. The van der Waals surface area contributed by atoms with Gasteiger partial charge >= 0.3 is 0 Å². The van der Waals surface area contributed by atoms with Gasteiger partial charge in [-0.3, -0.25) is 4.68 Å². The molecule has 4 heteroatoms. The van der Waals surface area contributed by atoms with E-state index >= 15 is 0 Å². The molecular weight excluding hydrogens is 264 g/mol. The fourth-order valence-electron chi connectivity index (χ4n) is 2.16. The van der Waals surface area contributed by atoms with Crippen molar-refractivity contribution in [3.63, 3.8) is 0 Å². The molecule has 0 saturated heterocycles. The Kier molecular flexibility index (Phi) is 5.02. The summed E-state index contributed by atoms with van der Waals surface area (Å²) in [4.78, 5) is 0. The summed E-state index contributed by atoms with van der Waals surface area (Å²) in [6.07, 6.45) is 0.478. The molecule has 0 atom stereocenters. The van der Waals surface area contributed by atoms with Crippen LogP contribution in [0.5, 0.6) is 5.75 Å². The maximum absolute atomic E-state index is 8.83. The molecule has 0 saturated carbocycles. The summed E-state index contributed by atoms with van der Waals surface area (Å²) in [5.41, 5.74) is 4.12. The summed E-state index contributed by atoms with van der Waals surface area (Å²) in [5.74, 6) is 6.87. The van der Waals surface area contributed by atoms with E-state index in [4.69, 9.17) is 9.84 Å². The second kappa shape index (κ2) is 6.96. The summed E-state index contributed by atoms with van der Waals surface area (Å²) in [5, 5.41) is 13.3. The van der Waals surface area contributed by atoms with E-state index in [1.165, 1.54) is 0 Å².